The molecule has 1 saturated heterocycles. The van der Waals surface area contributed by atoms with E-state index < -0.39 is 35.9 Å². The summed E-state index contributed by atoms with van der Waals surface area (Å²) in [5.74, 6) is -2.54. The first kappa shape index (κ1) is 65.2. The lowest BCUT2D eigenvalue weighted by molar-refractivity contribution is -0.137. The number of nitrogens with two attached hydrogens (primary N) is 2. The summed E-state index contributed by atoms with van der Waals surface area (Å²) in [5, 5.41) is 16.5. The lowest BCUT2D eigenvalue weighted by atomic mass is 9.88. The van der Waals surface area contributed by atoms with E-state index in [9.17, 15) is 47.9 Å². The zero-order valence-electron chi connectivity index (χ0n) is 49.0. The summed E-state index contributed by atoms with van der Waals surface area (Å²) in [5.41, 5.74) is 15.1. The number of hydrogen-bond donors (Lipinski definition) is 8. The third kappa shape index (κ3) is 20.4. The molecule has 24 heteroatoms. The van der Waals surface area contributed by atoms with Crippen molar-refractivity contribution in [2.75, 3.05) is 67.9 Å². The van der Waals surface area contributed by atoms with Gasteiger partial charge in [-0.1, -0.05) is 52.3 Å². The Morgan fingerprint density at radius 2 is 1.48 bits per heavy atom. The summed E-state index contributed by atoms with van der Waals surface area (Å²) in [6.07, 6.45) is 10.6. The molecule has 4 heterocycles. The summed E-state index contributed by atoms with van der Waals surface area (Å²) >= 11 is 0. The smallest absolute Gasteiger partial charge is 0.407 e. The van der Waals surface area contributed by atoms with Gasteiger partial charge in [-0.15, -0.1) is 0 Å². The van der Waals surface area contributed by atoms with Crippen LogP contribution in [0.3, 0.4) is 0 Å². The number of fused-ring (bicyclic) bond motifs is 1. The number of rotatable bonds is 31. The molecule has 1 fully saturated rings. The average molecular weight is 1170 g/mol. The molecule has 6 rings (SSSR count). The standard InChI is InChI=1S/C61H81N13O11/c1-5-28-73(29-6-2)59(82)44-33-42-15-16-43(34-50(42)70-51(62)35-44)56(79)69-46-19-20-52(67-37-46)72-31-23-41(24-32-72)55(78)64-26-27-66-61(84)85-38-40-13-17-45(18-14-40)68-58(81)49(12-10-25-65-60(63)83)71-57(80)48(39(3)4)36-47(75)11-8-7-9-30-74-53(76)21-22-54(74)77/h13-22,33-34,37,39,41,48-49H,5-12,23-32,35-36,38H2,1-4H3,(H2,62,70)(H,64,78)(H,66,84)(H,68,81)(H,69,79)(H,71,80)(H3,63,65,83)/t48-,49-/m0/s1. The fraction of sp³-hybridized carbons (Fsp3) is 0.475. The summed E-state index contributed by atoms with van der Waals surface area (Å²) in [7, 11) is 0. The number of piperidine rings is 1. The molecule has 3 aliphatic heterocycles. The molecular weight excluding hydrogens is 1090 g/mol. The Balaban J connectivity index is 0.874. The Labute approximate surface area is 495 Å². The highest BCUT2D eigenvalue weighted by molar-refractivity contribution is 6.13. The maximum atomic E-state index is 13.6. The highest BCUT2D eigenvalue weighted by atomic mass is 16.5. The van der Waals surface area contributed by atoms with Crippen molar-refractivity contribution in [1.29, 1.82) is 0 Å². The van der Waals surface area contributed by atoms with Gasteiger partial charge in [0.25, 0.3) is 17.7 Å². The van der Waals surface area contributed by atoms with Crippen LogP contribution in [0.1, 0.15) is 126 Å². The number of imide groups is 1. The predicted molar refractivity (Wildman–Crippen MR) is 322 cm³/mol. The van der Waals surface area contributed by atoms with Gasteiger partial charge in [0.15, 0.2) is 0 Å². The number of alkyl carbamates (subject to hydrolysis) is 1. The highest BCUT2D eigenvalue weighted by Gasteiger charge is 2.31. The number of primary amides is 1. The molecule has 1 aromatic heterocycles. The van der Waals surface area contributed by atoms with Crippen LogP contribution in [-0.2, 0) is 44.9 Å². The third-order valence-corrected chi connectivity index (χ3v) is 14.7. The predicted octanol–water partition coefficient (Wildman–Crippen LogP) is 5.61. The zero-order chi connectivity index (χ0) is 61.4. The fourth-order valence-electron chi connectivity index (χ4n) is 10.0. The second-order valence-electron chi connectivity index (χ2n) is 21.7. The number of nitrogens with zero attached hydrogens (tertiary/aromatic N) is 5. The van der Waals surface area contributed by atoms with E-state index in [-0.39, 0.29) is 106 Å². The molecule has 456 valence electrons. The van der Waals surface area contributed by atoms with Crippen molar-refractivity contribution in [2.45, 2.75) is 117 Å². The van der Waals surface area contributed by atoms with Crippen LogP contribution in [0.4, 0.5) is 32.5 Å². The number of Topliss-reactive ketones (excluding diaryl/α,β-unsaturated/α-hetero) is 1. The maximum absolute atomic E-state index is 13.6. The first-order chi connectivity index (χ1) is 40.8. The largest absolute Gasteiger partial charge is 0.445 e. The number of benzene rings is 2. The molecule has 2 atom stereocenters. The Morgan fingerprint density at radius 3 is 2.14 bits per heavy atom. The lowest BCUT2D eigenvalue weighted by Gasteiger charge is -2.32. The Bertz CT molecular complexity index is 2950. The van der Waals surface area contributed by atoms with Gasteiger partial charge < -0.3 is 57.9 Å². The number of carbonyl (C=O) groups excluding carboxylic acids is 10. The van der Waals surface area contributed by atoms with Crippen molar-refractivity contribution >= 4 is 94.0 Å². The van der Waals surface area contributed by atoms with Crippen LogP contribution < -0.4 is 48.3 Å². The molecule has 0 spiro atoms. The van der Waals surface area contributed by atoms with Crippen molar-refractivity contribution < 1.29 is 52.7 Å². The van der Waals surface area contributed by atoms with Gasteiger partial charge in [0.05, 0.1) is 17.6 Å². The number of hydrogen-bond acceptors (Lipinski definition) is 15. The van der Waals surface area contributed by atoms with Crippen LogP contribution in [0.2, 0.25) is 0 Å². The second kappa shape index (κ2) is 32.8. The summed E-state index contributed by atoms with van der Waals surface area (Å²) in [6, 6.07) is 13.5. The molecule has 24 nitrogen and oxygen atoms in total. The van der Waals surface area contributed by atoms with Crippen molar-refractivity contribution in [3.05, 3.63) is 95.2 Å². The SMILES string of the molecule is CCCN(CCC)C(=O)C1=Cc2ccc(C(=O)Nc3ccc(N4CCC(C(=O)NCCNC(=O)OCc5ccc(NC(=O)[C@H](CCCNC(N)=O)NC(=O)[C@@H](CC(=O)CCCCCN6C(=O)C=CC6=O)C(C)C)cc5)CC4)nc3)cc2N=C(N)C1. The molecule has 0 unspecified atom stereocenters. The molecular formula is C61H81N13O11. The van der Waals surface area contributed by atoms with Crippen LogP contribution >= 0.6 is 0 Å². The van der Waals surface area contributed by atoms with E-state index >= 15 is 0 Å². The highest BCUT2D eigenvalue weighted by Crippen LogP contribution is 2.30. The van der Waals surface area contributed by atoms with Crippen LogP contribution in [-0.4, -0.2) is 138 Å². The summed E-state index contributed by atoms with van der Waals surface area (Å²) in [4.78, 5) is 142. The number of aliphatic imine (C=N–C) groups is 1. The van der Waals surface area contributed by atoms with Crippen LogP contribution in [0, 0.1) is 17.8 Å². The number of carbonyl (C=O) groups is 10. The number of amides is 10. The van der Waals surface area contributed by atoms with Gasteiger partial charge in [0.2, 0.25) is 23.6 Å². The molecule has 0 saturated carbocycles. The van der Waals surface area contributed by atoms with Gasteiger partial charge in [-0.05, 0) is 105 Å². The topological polar surface area (TPSA) is 339 Å². The Morgan fingerprint density at radius 1 is 0.788 bits per heavy atom. The van der Waals surface area contributed by atoms with E-state index in [0.717, 1.165) is 17.7 Å². The number of urea groups is 1. The van der Waals surface area contributed by atoms with Gasteiger partial charge in [-0.25, -0.2) is 19.6 Å². The van der Waals surface area contributed by atoms with Gasteiger partial charge in [0.1, 0.15) is 30.1 Å². The van der Waals surface area contributed by atoms with Gasteiger partial charge >= 0.3 is 12.1 Å². The van der Waals surface area contributed by atoms with Crippen molar-refractivity contribution in [1.82, 2.24) is 36.1 Å². The maximum Gasteiger partial charge on any atom is 0.407 e. The van der Waals surface area contributed by atoms with Crippen molar-refractivity contribution in [2.24, 2.45) is 34.2 Å². The Kier molecular flexibility index (Phi) is 25.1. The molecule has 10 N–H and O–H groups in total. The van der Waals surface area contributed by atoms with E-state index in [4.69, 9.17) is 16.2 Å². The first-order valence-corrected chi connectivity index (χ1v) is 29.3. The fourth-order valence-corrected chi connectivity index (χ4v) is 10.0. The number of pyridine rings is 1. The number of nitrogens with one attached hydrogen (secondary N) is 6. The molecule has 2 aromatic carbocycles. The molecule has 0 aliphatic carbocycles. The lowest BCUT2D eigenvalue weighted by Crippen LogP contribution is -2.47. The Hall–Kier alpha value is -8.96. The molecule has 0 radical (unpaired) electrons. The number of ether oxygens (including phenoxy) is 1. The number of anilines is 3. The summed E-state index contributed by atoms with van der Waals surface area (Å²) < 4.78 is 5.37. The van der Waals surface area contributed by atoms with E-state index in [0.29, 0.717) is 116 Å². The monoisotopic (exact) mass is 1170 g/mol. The van der Waals surface area contributed by atoms with E-state index in [1.165, 1.54) is 12.2 Å². The molecule has 3 aliphatic rings. The van der Waals surface area contributed by atoms with Gasteiger partial charge in [-0.2, -0.15) is 0 Å². The molecule has 3 aromatic rings. The normalized spacial score (nSPS) is 14.7. The molecule has 0 bridgehead atoms. The first-order valence-electron chi connectivity index (χ1n) is 29.3. The minimum absolute atomic E-state index is 0.0323. The quantitative estimate of drug-likeness (QED) is 0.0287. The summed E-state index contributed by atoms with van der Waals surface area (Å²) in [6.45, 7) is 10.9. The third-order valence-electron chi connectivity index (χ3n) is 14.7. The minimum atomic E-state index is -1.02. The van der Waals surface area contributed by atoms with E-state index in [2.05, 4.69) is 46.8 Å². The molecule has 10 amide bonds. The number of unbranched alkanes of at least 4 members (excludes halogenated alkanes) is 2. The van der Waals surface area contributed by atoms with Crippen molar-refractivity contribution in [3.63, 3.8) is 0 Å². The van der Waals surface area contributed by atoms with Crippen LogP contribution in [0.5, 0.6) is 0 Å². The molecule has 85 heavy (non-hydrogen) atoms. The van der Waals surface area contributed by atoms with Crippen LogP contribution in [0.15, 0.2) is 83.5 Å². The number of amidine groups is 1. The van der Waals surface area contributed by atoms with Gasteiger partial charge in [0, 0.05) is 118 Å². The van der Waals surface area contributed by atoms with Crippen LogP contribution in [0.25, 0.3) is 6.08 Å². The van der Waals surface area contributed by atoms with E-state index in [1.54, 1.807) is 60.8 Å². The average Bonchev–Trinajstić information content (AvgIpc) is 4.03. The number of aromatic nitrogens is 1. The van der Waals surface area contributed by atoms with Crippen molar-refractivity contribution in [3.8, 4) is 0 Å². The van der Waals surface area contributed by atoms with E-state index in [1.807, 2.05) is 38.7 Å². The second-order valence-corrected chi connectivity index (χ2v) is 21.7. The minimum Gasteiger partial charge on any atom is -0.445 e. The van der Waals surface area contributed by atoms with Gasteiger partial charge in [-0.3, -0.25) is 43.3 Å². The number of ketones is 1. The zero-order valence-corrected chi connectivity index (χ0v) is 49.0.